The van der Waals surface area contributed by atoms with Crippen LogP contribution in [0.1, 0.15) is 31.2 Å². The van der Waals surface area contributed by atoms with Crippen LogP contribution in [0.5, 0.6) is 0 Å². The summed E-state index contributed by atoms with van der Waals surface area (Å²) in [5.74, 6) is -1.49. The average Bonchev–Trinajstić information content (AvgIpc) is 3.42. The van der Waals surface area contributed by atoms with Gasteiger partial charge in [-0.2, -0.15) is 0 Å². The maximum atomic E-state index is 13.5. The van der Waals surface area contributed by atoms with Crippen LogP contribution in [0.15, 0.2) is 70.9 Å². The Bertz CT molecular complexity index is 1340. The first kappa shape index (κ1) is 25.6. The Balaban J connectivity index is 1.53. The van der Waals surface area contributed by atoms with Crippen LogP contribution in [0, 0.1) is 13.8 Å². The van der Waals surface area contributed by atoms with E-state index in [2.05, 4.69) is 5.32 Å². The minimum Gasteiger partial charge on any atom is -0.336 e. The number of benzene rings is 2. The number of nitrogens with zero attached hydrogens (tertiary/aromatic N) is 2. The minimum absolute atomic E-state index is 0.0499. The standard InChI is InChI=1S/C26H27N3O5S2/c1-18-5-9-20(10-6-18)25(31)28-13-15-29(16-14-28)26(32)24(27-23(30)22-4-3-17-35-22)36(33,34)21-11-7-19(2)8-12-21/h3-12,17,24H,13-16H2,1-2H3,(H,27,30)/t24-/m1/s1. The zero-order chi connectivity index (χ0) is 25.9. The molecule has 1 aliphatic heterocycles. The van der Waals surface area contributed by atoms with E-state index in [4.69, 9.17) is 0 Å². The third-order valence-corrected chi connectivity index (χ3v) is 8.81. The number of piperazine rings is 1. The van der Waals surface area contributed by atoms with Crippen LogP contribution in [0.3, 0.4) is 0 Å². The molecule has 188 valence electrons. The molecule has 1 N–H and O–H groups in total. The van der Waals surface area contributed by atoms with Crippen molar-refractivity contribution in [3.8, 4) is 0 Å². The molecule has 36 heavy (non-hydrogen) atoms. The van der Waals surface area contributed by atoms with Crippen LogP contribution in [0.4, 0.5) is 0 Å². The van der Waals surface area contributed by atoms with Crippen molar-refractivity contribution >= 4 is 38.9 Å². The summed E-state index contributed by atoms with van der Waals surface area (Å²) in [5, 5.41) is 2.36. The predicted molar refractivity (Wildman–Crippen MR) is 138 cm³/mol. The van der Waals surface area contributed by atoms with Gasteiger partial charge in [0.15, 0.2) is 0 Å². The van der Waals surface area contributed by atoms with Gasteiger partial charge in [-0.25, -0.2) is 8.42 Å². The number of sulfone groups is 1. The molecule has 0 saturated carbocycles. The van der Waals surface area contributed by atoms with Crippen LogP contribution >= 0.6 is 11.3 Å². The summed E-state index contributed by atoms with van der Waals surface area (Å²) in [5.41, 5.74) is 2.48. The lowest BCUT2D eigenvalue weighted by atomic mass is 10.1. The molecule has 3 amide bonds. The summed E-state index contributed by atoms with van der Waals surface area (Å²) in [6, 6.07) is 16.6. The highest BCUT2D eigenvalue weighted by molar-refractivity contribution is 7.92. The van der Waals surface area contributed by atoms with Crippen molar-refractivity contribution in [2.75, 3.05) is 26.2 Å². The molecule has 10 heteroatoms. The first-order valence-electron chi connectivity index (χ1n) is 11.5. The molecule has 2 heterocycles. The summed E-state index contributed by atoms with van der Waals surface area (Å²) in [4.78, 5) is 42.4. The predicted octanol–water partition coefficient (Wildman–Crippen LogP) is 2.88. The van der Waals surface area contributed by atoms with Crippen molar-refractivity contribution in [3.63, 3.8) is 0 Å². The van der Waals surface area contributed by atoms with Gasteiger partial charge < -0.3 is 15.1 Å². The van der Waals surface area contributed by atoms with Gasteiger partial charge in [0.05, 0.1) is 9.77 Å². The molecule has 1 atom stereocenters. The third kappa shape index (κ3) is 5.50. The fourth-order valence-corrected chi connectivity index (χ4v) is 6.00. The monoisotopic (exact) mass is 525 g/mol. The lowest BCUT2D eigenvalue weighted by Gasteiger charge is -2.36. The molecule has 0 spiro atoms. The number of carbonyl (C=O) groups excluding carboxylic acids is 3. The summed E-state index contributed by atoms with van der Waals surface area (Å²) < 4.78 is 27.0. The van der Waals surface area contributed by atoms with E-state index >= 15 is 0 Å². The van der Waals surface area contributed by atoms with Crippen molar-refractivity contribution in [2.45, 2.75) is 24.1 Å². The normalized spacial score (nSPS) is 14.8. The van der Waals surface area contributed by atoms with E-state index in [0.717, 1.165) is 22.5 Å². The highest BCUT2D eigenvalue weighted by Gasteiger charge is 2.39. The molecule has 0 unspecified atom stereocenters. The van der Waals surface area contributed by atoms with Gasteiger partial charge >= 0.3 is 0 Å². The van der Waals surface area contributed by atoms with E-state index in [-0.39, 0.29) is 37.0 Å². The van der Waals surface area contributed by atoms with Gasteiger partial charge in [0.2, 0.25) is 15.2 Å². The molecule has 1 saturated heterocycles. The Morgan fingerprint density at radius 3 is 1.94 bits per heavy atom. The van der Waals surface area contributed by atoms with Gasteiger partial charge in [0, 0.05) is 31.7 Å². The molecular weight excluding hydrogens is 498 g/mol. The number of thiophene rings is 1. The van der Waals surface area contributed by atoms with Gasteiger partial charge in [0.25, 0.3) is 17.7 Å². The summed E-state index contributed by atoms with van der Waals surface area (Å²) in [7, 11) is -4.23. The maximum absolute atomic E-state index is 13.5. The number of aryl methyl sites for hydroxylation is 2. The van der Waals surface area contributed by atoms with Crippen molar-refractivity contribution in [1.82, 2.24) is 15.1 Å². The van der Waals surface area contributed by atoms with E-state index in [9.17, 15) is 22.8 Å². The number of amides is 3. The fraction of sp³-hybridized carbons (Fsp3) is 0.269. The Hall–Kier alpha value is -3.50. The lowest BCUT2D eigenvalue weighted by Crippen LogP contribution is -2.57. The highest BCUT2D eigenvalue weighted by atomic mass is 32.2. The molecule has 2 aromatic carbocycles. The summed E-state index contributed by atoms with van der Waals surface area (Å²) in [6.45, 7) is 4.60. The summed E-state index contributed by atoms with van der Waals surface area (Å²) >= 11 is 1.16. The molecule has 0 aliphatic carbocycles. The molecule has 8 nitrogen and oxygen atoms in total. The second kappa shape index (κ2) is 10.6. The number of hydrogen-bond donors (Lipinski definition) is 1. The van der Waals surface area contributed by atoms with Gasteiger partial charge in [-0.05, 0) is 49.6 Å². The van der Waals surface area contributed by atoms with E-state index in [1.807, 2.05) is 26.0 Å². The number of hydrogen-bond acceptors (Lipinski definition) is 6. The fourth-order valence-electron chi connectivity index (χ4n) is 3.91. The zero-order valence-corrected chi connectivity index (χ0v) is 21.6. The van der Waals surface area contributed by atoms with E-state index in [1.165, 1.54) is 17.0 Å². The van der Waals surface area contributed by atoms with Crippen molar-refractivity contribution in [2.24, 2.45) is 0 Å². The smallest absolute Gasteiger partial charge is 0.262 e. The van der Waals surface area contributed by atoms with Crippen molar-refractivity contribution in [1.29, 1.82) is 0 Å². The molecule has 3 aromatic rings. The molecule has 1 aromatic heterocycles. The first-order chi connectivity index (χ1) is 17.2. The van der Waals surface area contributed by atoms with Gasteiger partial charge in [-0.1, -0.05) is 41.5 Å². The van der Waals surface area contributed by atoms with Gasteiger partial charge in [-0.3, -0.25) is 14.4 Å². The average molecular weight is 526 g/mol. The number of nitrogens with one attached hydrogen (secondary N) is 1. The molecule has 1 fully saturated rings. The minimum atomic E-state index is -4.23. The number of rotatable bonds is 6. The molecular formula is C26H27N3O5S2. The van der Waals surface area contributed by atoms with Gasteiger partial charge in [0.1, 0.15) is 0 Å². The third-order valence-electron chi connectivity index (χ3n) is 6.07. The molecule has 4 rings (SSSR count). The van der Waals surface area contributed by atoms with Crippen molar-refractivity contribution in [3.05, 3.63) is 87.6 Å². The van der Waals surface area contributed by atoms with Crippen LogP contribution in [0.25, 0.3) is 0 Å². The Morgan fingerprint density at radius 2 is 1.39 bits per heavy atom. The van der Waals surface area contributed by atoms with E-state index in [0.29, 0.717) is 10.4 Å². The molecule has 0 radical (unpaired) electrons. The second-order valence-electron chi connectivity index (χ2n) is 8.67. The topological polar surface area (TPSA) is 104 Å². The number of carbonyl (C=O) groups is 3. The van der Waals surface area contributed by atoms with Crippen LogP contribution in [0.2, 0.25) is 0 Å². The highest BCUT2D eigenvalue weighted by Crippen LogP contribution is 2.20. The van der Waals surface area contributed by atoms with E-state index in [1.54, 1.807) is 46.7 Å². The Morgan fingerprint density at radius 1 is 0.833 bits per heavy atom. The zero-order valence-electron chi connectivity index (χ0n) is 20.0. The Labute approximate surface area is 214 Å². The first-order valence-corrected chi connectivity index (χ1v) is 13.9. The SMILES string of the molecule is Cc1ccc(C(=O)N2CCN(C(=O)[C@H](NC(=O)c3cccs3)S(=O)(=O)c3ccc(C)cc3)CC2)cc1. The van der Waals surface area contributed by atoms with E-state index < -0.39 is 27.0 Å². The van der Waals surface area contributed by atoms with Gasteiger partial charge in [-0.15, -0.1) is 11.3 Å². The van der Waals surface area contributed by atoms with Crippen LogP contribution < -0.4 is 5.32 Å². The van der Waals surface area contributed by atoms with Crippen LogP contribution in [-0.4, -0.2) is 67.5 Å². The maximum Gasteiger partial charge on any atom is 0.262 e. The lowest BCUT2D eigenvalue weighted by molar-refractivity contribution is -0.132. The largest absolute Gasteiger partial charge is 0.336 e. The van der Waals surface area contributed by atoms with Crippen LogP contribution in [-0.2, 0) is 14.6 Å². The van der Waals surface area contributed by atoms with Crippen molar-refractivity contribution < 1.29 is 22.8 Å². The summed E-state index contributed by atoms with van der Waals surface area (Å²) in [6.07, 6.45) is 0. The molecule has 1 aliphatic rings. The quantitative estimate of drug-likeness (QED) is 0.533. The molecule has 0 bridgehead atoms. The Kier molecular flexibility index (Phi) is 7.56. The second-order valence-corrected chi connectivity index (χ2v) is 11.7.